The molecule has 0 unspecified atom stereocenters. The minimum Gasteiger partial charge on any atom is -0.399 e. The van der Waals surface area contributed by atoms with Gasteiger partial charge in [0, 0.05) is 29.9 Å². The van der Waals surface area contributed by atoms with Crippen LogP contribution >= 0.6 is 0 Å². The van der Waals surface area contributed by atoms with E-state index in [-0.39, 0.29) is 11.6 Å². The largest absolute Gasteiger partial charge is 0.399 e. The zero-order valence-corrected chi connectivity index (χ0v) is 10.6. The molecule has 0 aliphatic heterocycles. The van der Waals surface area contributed by atoms with Crippen LogP contribution in [0.4, 0.5) is 11.4 Å². The number of non-ortho nitro benzene ring substituents is 1. The van der Waals surface area contributed by atoms with Crippen molar-refractivity contribution in [3.05, 3.63) is 69.8 Å². The van der Waals surface area contributed by atoms with Crippen LogP contribution in [0.25, 0.3) is 0 Å². The summed E-state index contributed by atoms with van der Waals surface area (Å²) in [5.41, 5.74) is 7.50. The Morgan fingerprint density at radius 3 is 2.25 bits per heavy atom. The average molecular weight is 271 g/mol. The Balaban J connectivity index is 1.97. The van der Waals surface area contributed by atoms with Crippen LogP contribution in [0.15, 0.2) is 48.5 Å². The first-order chi connectivity index (χ1) is 9.56. The minimum absolute atomic E-state index is 0.0416. The van der Waals surface area contributed by atoms with E-state index in [1.54, 1.807) is 12.1 Å². The lowest BCUT2D eigenvalue weighted by molar-refractivity contribution is -0.384. The molecule has 0 heterocycles. The number of nitro benzene ring substituents is 1. The van der Waals surface area contributed by atoms with Gasteiger partial charge in [-0.15, -0.1) is 0 Å². The van der Waals surface area contributed by atoms with Crippen molar-refractivity contribution in [1.29, 1.82) is 0 Å². The highest BCUT2D eigenvalue weighted by Gasteiger charge is 2.08. The maximum atomic E-state index is 11.9. The number of benzene rings is 2. The van der Waals surface area contributed by atoms with Crippen LogP contribution in [0.5, 0.6) is 0 Å². The predicted molar refractivity (Wildman–Crippen MR) is 75.1 cm³/mol. The van der Waals surface area contributed by atoms with Gasteiger partial charge >= 0.3 is 0 Å². The fraction of sp³-hybridized carbons (Fsp3) is 0.0714. The molecule has 0 aliphatic carbocycles. The summed E-state index contributed by atoms with van der Waals surface area (Å²) in [5.74, 6) is -0.281. The fourth-order valence-electron chi connectivity index (χ4n) is 1.65. The molecule has 20 heavy (non-hydrogen) atoms. The lowest BCUT2D eigenvalue weighted by Crippen LogP contribution is -2.22. The molecule has 0 radical (unpaired) electrons. The van der Waals surface area contributed by atoms with Gasteiger partial charge in [0.2, 0.25) is 0 Å². The number of hydrogen-bond acceptors (Lipinski definition) is 4. The molecule has 0 atom stereocenters. The maximum Gasteiger partial charge on any atom is 0.269 e. The number of anilines is 1. The van der Waals surface area contributed by atoms with Crippen molar-refractivity contribution in [3.63, 3.8) is 0 Å². The van der Waals surface area contributed by atoms with E-state index in [0.717, 1.165) is 5.56 Å². The minimum atomic E-state index is -0.504. The monoisotopic (exact) mass is 271 g/mol. The topological polar surface area (TPSA) is 98.3 Å². The fourth-order valence-corrected chi connectivity index (χ4v) is 1.65. The van der Waals surface area contributed by atoms with Crippen LogP contribution in [-0.4, -0.2) is 10.8 Å². The van der Waals surface area contributed by atoms with E-state index in [1.807, 2.05) is 12.1 Å². The predicted octanol–water partition coefficient (Wildman–Crippen LogP) is 2.11. The summed E-state index contributed by atoms with van der Waals surface area (Å²) in [6, 6.07) is 12.6. The number of nitrogens with zero attached hydrogens (tertiary/aromatic N) is 1. The third-order valence-electron chi connectivity index (χ3n) is 2.77. The molecule has 0 bridgehead atoms. The Bertz CT molecular complexity index is 621. The van der Waals surface area contributed by atoms with E-state index in [2.05, 4.69) is 5.32 Å². The first-order valence-electron chi connectivity index (χ1n) is 5.93. The van der Waals surface area contributed by atoms with Crippen LogP contribution in [0.1, 0.15) is 15.9 Å². The lowest BCUT2D eigenvalue weighted by atomic mass is 10.1. The number of nitrogen functional groups attached to an aromatic ring is 1. The van der Waals surface area contributed by atoms with E-state index in [0.29, 0.717) is 17.8 Å². The number of nitrogens with one attached hydrogen (secondary N) is 1. The standard InChI is InChI=1S/C14H13N3O3/c15-12-5-1-10(2-6-12)9-16-14(18)11-3-7-13(8-4-11)17(19)20/h1-8H,9,15H2,(H,16,18). The molecule has 3 N–H and O–H groups in total. The number of rotatable bonds is 4. The van der Waals surface area contributed by atoms with E-state index < -0.39 is 4.92 Å². The number of nitrogens with two attached hydrogens (primary N) is 1. The molecule has 102 valence electrons. The SMILES string of the molecule is Nc1ccc(CNC(=O)c2ccc([N+](=O)[O-])cc2)cc1. The van der Waals surface area contributed by atoms with Crippen LogP contribution in [0.2, 0.25) is 0 Å². The van der Waals surface area contributed by atoms with Crippen molar-refractivity contribution in [2.24, 2.45) is 0 Å². The Labute approximate surface area is 115 Å². The van der Waals surface area contributed by atoms with Gasteiger partial charge in [-0.1, -0.05) is 12.1 Å². The number of nitro groups is 1. The van der Waals surface area contributed by atoms with Gasteiger partial charge < -0.3 is 11.1 Å². The molecule has 0 aliphatic rings. The van der Waals surface area contributed by atoms with Gasteiger partial charge in [-0.3, -0.25) is 14.9 Å². The molecule has 0 fully saturated rings. The van der Waals surface area contributed by atoms with Gasteiger partial charge in [-0.2, -0.15) is 0 Å². The first kappa shape index (κ1) is 13.5. The van der Waals surface area contributed by atoms with Crippen molar-refractivity contribution >= 4 is 17.3 Å². The third kappa shape index (κ3) is 3.32. The van der Waals surface area contributed by atoms with Crippen molar-refractivity contribution in [2.75, 3.05) is 5.73 Å². The summed E-state index contributed by atoms with van der Waals surface area (Å²) < 4.78 is 0. The molecule has 1 amide bonds. The Hall–Kier alpha value is -2.89. The maximum absolute atomic E-state index is 11.9. The second-order valence-corrected chi connectivity index (χ2v) is 4.23. The van der Waals surface area contributed by atoms with Crippen molar-refractivity contribution in [2.45, 2.75) is 6.54 Å². The van der Waals surface area contributed by atoms with Gasteiger partial charge in [0.15, 0.2) is 0 Å². The number of amides is 1. The summed E-state index contributed by atoms with van der Waals surface area (Å²) in [7, 11) is 0. The summed E-state index contributed by atoms with van der Waals surface area (Å²) in [5, 5.41) is 13.2. The van der Waals surface area contributed by atoms with Crippen molar-refractivity contribution in [1.82, 2.24) is 5.32 Å². The van der Waals surface area contributed by atoms with Gasteiger partial charge in [0.05, 0.1) is 4.92 Å². The van der Waals surface area contributed by atoms with Gasteiger partial charge in [0.25, 0.3) is 11.6 Å². The molecule has 2 rings (SSSR count). The number of carbonyl (C=O) groups excluding carboxylic acids is 1. The molecule has 0 saturated heterocycles. The number of carbonyl (C=O) groups is 1. The molecule has 0 aromatic heterocycles. The zero-order chi connectivity index (χ0) is 14.5. The molecule has 6 nitrogen and oxygen atoms in total. The van der Waals surface area contributed by atoms with Crippen molar-refractivity contribution < 1.29 is 9.72 Å². The highest BCUT2D eigenvalue weighted by Crippen LogP contribution is 2.12. The first-order valence-corrected chi connectivity index (χ1v) is 5.93. The zero-order valence-electron chi connectivity index (χ0n) is 10.6. The van der Waals surface area contributed by atoms with E-state index in [9.17, 15) is 14.9 Å². The van der Waals surface area contributed by atoms with Crippen molar-refractivity contribution in [3.8, 4) is 0 Å². The average Bonchev–Trinajstić information content (AvgIpc) is 2.46. The molecule has 6 heteroatoms. The third-order valence-corrected chi connectivity index (χ3v) is 2.77. The Morgan fingerprint density at radius 2 is 1.70 bits per heavy atom. The number of hydrogen-bond donors (Lipinski definition) is 2. The Kier molecular flexibility index (Phi) is 3.95. The summed E-state index contributed by atoms with van der Waals surface area (Å²) in [6.07, 6.45) is 0. The molecule has 0 spiro atoms. The molecular formula is C14H13N3O3. The van der Waals surface area contributed by atoms with E-state index in [4.69, 9.17) is 5.73 Å². The molecule has 2 aromatic carbocycles. The molecule has 2 aromatic rings. The second kappa shape index (κ2) is 5.83. The normalized spacial score (nSPS) is 10.0. The second-order valence-electron chi connectivity index (χ2n) is 4.23. The highest BCUT2D eigenvalue weighted by molar-refractivity contribution is 5.94. The van der Waals surface area contributed by atoms with Crippen LogP contribution < -0.4 is 11.1 Å². The molecule has 0 saturated carbocycles. The van der Waals surface area contributed by atoms with Crippen LogP contribution in [-0.2, 0) is 6.54 Å². The van der Waals surface area contributed by atoms with E-state index >= 15 is 0 Å². The summed E-state index contributed by atoms with van der Waals surface area (Å²) >= 11 is 0. The smallest absolute Gasteiger partial charge is 0.269 e. The summed E-state index contributed by atoms with van der Waals surface area (Å²) in [6.45, 7) is 0.371. The Morgan fingerprint density at radius 1 is 1.10 bits per heavy atom. The van der Waals surface area contributed by atoms with Crippen LogP contribution in [0.3, 0.4) is 0 Å². The van der Waals surface area contributed by atoms with Gasteiger partial charge in [-0.25, -0.2) is 0 Å². The van der Waals surface area contributed by atoms with Crippen LogP contribution in [0, 0.1) is 10.1 Å². The quantitative estimate of drug-likeness (QED) is 0.505. The van der Waals surface area contributed by atoms with E-state index in [1.165, 1.54) is 24.3 Å². The van der Waals surface area contributed by atoms with Gasteiger partial charge in [0.1, 0.15) is 0 Å². The lowest BCUT2D eigenvalue weighted by Gasteiger charge is -2.05. The molecular weight excluding hydrogens is 258 g/mol. The van der Waals surface area contributed by atoms with Gasteiger partial charge in [-0.05, 0) is 29.8 Å². The highest BCUT2D eigenvalue weighted by atomic mass is 16.6. The summed E-state index contributed by atoms with van der Waals surface area (Å²) in [4.78, 5) is 21.9.